The van der Waals surface area contributed by atoms with Crippen molar-refractivity contribution in [3.8, 4) is 0 Å². The van der Waals surface area contributed by atoms with Gasteiger partial charge in [-0.3, -0.25) is 4.72 Å². The average Bonchev–Trinajstić information content (AvgIpc) is 2.51. The van der Waals surface area contributed by atoms with Gasteiger partial charge in [0.2, 0.25) is 0 Å². The van der Waals surface area contributed by atoms with E-state index in [2.05, 4.69) is 4.74 Å². The molecular weight excluding hydrogens is 328 g/mol. The van der Waals surface area contributed by atoms with Gasteiger partial charge in [0.1, 0.15) is 5.69 Å². The Hall–Kier alpha value is -2.48. The number of nitrogens with one attached hydrogen (secondary N) is 1. The summed E-state index contributed by atoms with van der Waals surface area (Å²) in [5.74, 6) is -3.77. The van der Waals surface area contributed by atoms with Crippen molar-refractivity contribution in [2.75, 3.05) is 11.8 Å². The van der Waals surface area contributed by atoms with Gasteiger partial charge in [-0.1, -0.05) is 17.7 Å². The minimum Gasteiger partial charge on any atom is -0.465 e. The monoisotopic (exact) mass is 341 g/mol. The molecule has 2 aromatic rings. The van der Waals surface area contributed by atoms with Gasteiger partial charge in [0.05, 0.1) is 17.6 Å². The number of halogens is 2. The summed E-state index contributed by atoms with van der Waals surface area (Å²) in [6, 6.07) is 7.39. The van der Waals surface area contributed by atoms with Crippen LogP contribution in [0.15, 0.2) is 41.3 Å². The summed E-state index contributed by atoms with van der Waals surface area (Å²) in [6.07, 6.45) is 0. The van der Waals surface area contributed by atoms with E-state index in [-0.39, 0.29) is 4.90 Å². The number of carbonyl (C=O) groups excluding carboxylic acids is 1. The Morgan fingerprint density at radius 3 is 2.26 bits per heavy atom. The highest BCUT2D eigenvalue weighted by molar-refractivity contribution is 7.92. The molecule has 8 heteroatoms. The summed E-state index contributed by atoms with van der Waals surface area (Å²) in [4.78, 5) is 11.5. The highest BCUT2D eigenvalue weighted by Gasteiger charge is 2.24. The van der Waals surface area contributed by atoms with Crippen LogP contribution in [0.25, 0.3) is 0 Å². The highest BCUT2D eigenvalue weighted by atomic mass is 32.2. The van der Waals surface area contributed by atoms with Crippen LogP contribution >= 0.6 is 0 Å². The van der Waals surface area contributed by atoms with E-state index >= 15 is 0 Å². The molecule has 1 N–H and O–H groups in total. The Morgan fingerprint density at radius 1 is 1.09 bits per heavy atom. The number of hydrogen-bond acceptors (Lipinski definition) is 4. The number of esters is 1. The average molecular weight is 341 g/mol. The molecule has 0 aromatic heterocycles. The molecule has 0 atom stereocenters. The minimum atomic E-state index is -4.20. The predicted molar refractivity (Wildman–Crippen MR) is 79.7 cm³/mol. The molecule has 0 bridgehead atoms. The van der Waals surface area contributed by atoms with Crippen LogP contribution in [-0.2, 0) is 14.8 Å². The van der Waals surface area contributed by atoms with Crippen molar-refractivity contribution in [1.82, 2.24) is 0 Å². The van der Waals surface area contributed by atoms with Crippen LogP contribution in [0.4, 0.5) is 14.5 Å². The van der Waals surface area contributed by atoms with Gasteiger partial charge in [-0.15, -0.1) is 0 Å². The zero-order valence-electron chi connectivity index (χ0n) is 12.3. The zero-order valence-corrected chi connectivity index (χ0v) is 13.1. The lowest BCUT2D eigenvalue weighted by molar-refractivity contribution is 0.0601. The summed E-state index contributed by atoms with van der Waals surface area (Å²) in [5.41, 5.74) is -0.393. The summed E-state index contributed by atoms with van der Waals surface area (Å²) in [5, 5.41) is 0. The van der Waals surface area contributed by atoms with E-state index in [1.807, 2.05) is 4.72 Å². The van der Waals surface area contributed by atoms with Gasteiger partial charge in [0, 0.05) is 0 Å². The fourth-order valence-electron chi connectivity index (χ4n) is 1.84. The van der Waals surface area contributed by atoms with Gasteiger partial charge < -0.3 is 4.74 Å². The van der Waals surface area contributed by atoms with Gasteiger partial charge in [0.15, 0.2) is 11.6 Å². The van der Waals surface area contributed by atoms with Crippen LogP contribution < -0.4 is 4.72 Å². The Balaban J connectivity index is 2.52. The van der Waals surface area contributed by atoms with Gasteiger partial charge in [-0.25, -0.2) is 22.0 Å². The summed E-state index contributed by atoms with van der Waals surface area (Å²) >= 11 is 0. The molecule has 0 aliphatic rings. The lowest BCUT2D eigenvalue weighted by Gasteiger charge is -2.13. The van der Waals surface area contributed by atoms with Crippen molar-refractivity contribution >= 4 is 21.7 Å². The quantitative estimate of drug-likeness (QED) is 0.868. The van der Waals surface area contributed by atoms with Gasteiger partial charge in [-0.05, 0) is 31.2 Å². The maximum absolute atomic E-state index is 14.0. The molecule has 23 heavy (non-hydrogen) atoms. The van der Waals surface area contributed by atoms with Crippen LogP contribution in [0, 0.1) is 18.6 Å². The number of anilines is 1. The topological polar surface area (TPSA) is 72.5 Å². The molecule has 0 saturated carbocycles. The van der Waals surface area contributed by atoms with Crippen LogP contribution in [0.2, 0.25) is 0 Å². The third-order valence-electron chi connectivity index (χ3n) is 3.07. The highest BCUT2D eigenvalue weighted by Crippen LogP contribution is 2.26. The molecule has 0 aliphatic heterocycles. The molecule has 5 nitrogen and oxygen atoms in total. The fourth-order valence-corrected chi connectivity index (χ4v) is 2.92. The van der Waals surface area contributed by atoms with Gasteiger partial charge in [-0.2, -0.15) is 0 Å². The first-order valence-electron chi connectivity index (χ1n) is 6.42. The fraction of sp³-hybridized carbons (Fsp3) is 0.133. The minimum absolute atomic E-state index is 0.150. The molecule has 0 fully saturated rings. The van der Waals surface area contributed by atoms with E-state index < -0.39 is 38.9 Å². The molecule has 0 heterocycles. The first kappa shape index (κ1) is 16.9. The predicted octanol–water partition coefficient (Wildman–Crippen LogP) is 2.86. The third kappa shape index (κ3) is 3.48. The van der Waals surface area contributed by atoms with Crippen molar-refractivity contribution in [1.29, 1.82) is 0 Å². The SMILES string of the molecule is COC(=O)c1ccc(F)c(F)c1NS(=O)(=O)c1ccc(C)cc1. The number of methoxy groups -OCH3 is 1. The molecule has 0 saturated heterocycles. The Kier molecular flexibility index (Phi) is 4.65. The van der Waals surface area contributed by atoms with E-state index in [0.717, 1.165) is 18.7 Å². The van der Waals surface area contributed by atoms with Crippen molar-refractivity contribution in [3.63, 3.8) is 0 Å². The number of ether oxygens (including phenoxy) is 1. The van der Waals surface area contributed by atoms with E-state index in [4.69, 9.17) is 0 Å². The number of hydrogen-bond donors (Lipinski definition) is 1. The van der Waals surface area contributed by atoms with Crippen molar-refractivity contribution in [3.05, 3.63) is 59.2 Å². The van der Waals surface area contributed by atoms with Crippen LogP contribution in [0.1, 0.15) is 15.9 Å². The zero-order chi connectivity index (χ0) is 17.2. The molecule has 0 spiro atoms. The van der Waals surface area contributed by atoms with Crippen LogP contribution in [0.5, 0.6) is 0 Å². The molecule has 122 valence electrons. The molecule has 0 aliphatic carbocycles. The van der Waals surface area contributed by atoms with E-state index in [0.29, 0.717) is 6.07 Å². The van der Waals surface area contributed by atoms with E-state index in [9.17, 15) is 22.0 Å². The molecule has 0 amide bonds. The maximum atomic E-state index is 14.0. The third-order valence-corrected chi connectivity index (χ3v) is 4.43. The van der Waals surface area contributed by atoms with Crippen molar-refractivity contribution in [2.45, 2.75) is 11.8 Å². The normalized spacial score (nSPS) is 11.1. The Labute approximate surface area is 132 Å². The summed E-state index contributed by atoms with van der Waals surface area (Å²) in [6.45, 7) is 1.77. The lowest BCUT2D eigenvalue weighted by atomic mass is 10.1. The molecule has 0 radical (unpaired) electrons. The second kappa shape index (κ2) is 6.33. The lowest BCUT2D eigenvalue weighted by Crippen LogP contribution is -2.18. The smallest absolute Gasteiger partial charge is 0.340 e. The molecule has 0 unspecified atom stereocenters. The van der Waals surface area contributed by atoms with Gasteiger partial charge >= 0.3 is 5.97 Å². The molecular formula is C15H13F2NO4S. The van der Waals surface area contributed by atoms with Gasteiger partial charge in [0.25, 0.3) is 10.0 Å². The second-order valence-electron chi connectivity index (χ2n) is 4.69. The van der Waals surface area contributed by atoms with E-state index in [1.54, 1.807) is 19.1 Å². The number of aryl methyl sites for hydroxylation is 1. The number of carbonyl (C=O) groups is 1. The van der Waals surface area contributed by atoms with Crippen LogP contribution in [-0.4, -0.2) is 21.5 Å². The first-order valence-corrected chi connectivity index (χ1v) is 7.90. The first-order chi connectivity index (χ1) is 10.8. The van der Waals surface area contributed by atoms with Crippen LogP contribution in [0.3, 0.4) is 0 Å². The molecule has 2 aromatic carbocycles. The van der Waals surface area contributed by atoms with E-state index in [1.165, 1.54) is 12.1 Å². The number of sulfonamides is 1. The number of rotatable bonds is 4. The second-order valence-corrected chi connectivity index (χ2v) is 6.38. The largest absolute Gasteiger partial charge is 0.465 e. The summed E-state index contributed by atoms with van der Waals surface area (Å²) < 4.78 is 58.3. The standard InChI is InChI=1S/C15H13F2NO4S/c1-9-3-5-10(6-4-9)23(20,21)18-14-11(15(19)22-2)7-8-12(16)13(14)17/h3-8,18H,1-2H3. The Bertz CT molecular complexity index is 849. The van der Waals surface area contributed by atoms with Crippen molar-refractivity contribution in [2.24, 2.45) is 0 Å². The Morgan fingerprint density at radius 2 is 1.70 bits per heavy atom. The number of benzene rings is 2. The summed E-state index contributed by atoms with van der Waals surface area (Å²) in [7, 11) is -3.15. The van der Waals surface area contributed by atoms with Crippen molar-refractivity contribution < 1.29 is 26.7 Å². The molecule has 2 rings (SSSR count). The maximum Gasteiger partial charge on any atom is 0.340 e.